The molecular formula is C24H20ClN5O2. The Hall–Kier alpha value is -4.10. The second kappa shape index (κ2) is 9.80. The molecule has 160 valence electrons. The third-order valence-corrected chi connectivity index (χ3v) is 4.99. The number of nitrogens with zero attached hydrogens (tertiary/aromatic N) is 2. The topological polar surface area (TPSA) is 88.1 Å². The highest BCUT2D eigenvalue weighted by Gasteiger charge is 2.10. The lowest BCUT2D eigenvalue weighted by atomic mass is 10.2. The van der Waals surface area contributed by atoms with Crippen LogP contribution in [0.4, 0.5) is 21.9 Å². The molecule has 1 heterocycles. The second-order valence-electron chi connectivity index (χ2n) is 6.99. The molecule has 0 spiro atoms. The summed E-state index contributed by atoms with van der Waals surface area (Å²) < 4.78 is 1.66. The van der Waals surface area contributed by atoms with Crippen LogP contribution in [0.3, 0.4) is 0 Å². The van der Waals surface area contributed by atoms with Gasteiger partial charge < -0.3 is 16.0 Å². The first-order valence-corrected chi connectivity index (χ1v) is 10.2. The Bertz CT molecular complexity index is 1220. The van der Waals surface area contributed by atoms with Crippen LogP contribution >= 0.6 is 11.6 Å². The van der Waals surface area contributed by atoms with E-state index in [0.29, 0.717) is 34.2 Å². The van der Waals surface area contributed by atoms with Gasteiger partial charge in [-0.15, -0.1) is 0 Å². The number of hydrogen-bond acceptors (Lipinski definition) is 3. The smallest absolute Gasteiger partial charge is 0.322 e. The van der Waals surface area contributed by atoms with Crippen LogP contribution in [-0.4, -0.2) is 21.7 Å². The van der Waals surface area contributed by atoms with E-state index in [1.165, 1.54) is 6.20 Å². The number of hydrogen-bond donors (Lipinski definition) is 3. The Labute approximate surface area is 190 Å². The lowest BCUT2D eigenvalue weighted by Gasteiger charge is -2.09. The fourth-order valence-electron chi connectivity index (χ4n) is 3.02. The minimum absolute atomic E-state index is 0.280. The van der Waals surface area contributed by atoms with Crippen LogP contribution in [0, 0.1) is 0 Å². The van der Waals surface area contributed by atoms with Crippen molar-refractivity contribution in [2.24, 2.45) is 0 Å². The first-order chi connectivity index (χ1) is 15.6. The second-order valence-corrected chi connectivity index (χ2v) is 7.40. The molecule has 8 heteroatoms. The number of urea groups is 1. The molecule has 0 atom stereocenters. The number of para-hydroxylation sites is 1. The van der Waals surface area contributed by atoms with Gasteiger partial charge in [-0.2, -0.15) is 5.10 Å². The average molecular weight is 446 g/mol. The summed E-state index contributed by atoms with van der Waals surface area (Å²) in [4.78, 5) is 24.6. The van der Waals surface area contributed by atoms with Gasteiger partial charge in [-0.25, -0.2) is 4.79 Å². The molecule has 0 aliphatic rings. The van der Waals surface area contributed by atoms with Gasteiger partial charge in [0.05, 0.1) is 18.3 Å². The van der Waals surface area contributed by atoms with Crippen LogP contribution in [-0.2, 0) is 6.54 Å². The van der Waals surface area contributed by atoms with E-state index in [2.05, 4.69) is 21.0 Å². The summed E-state index contributed by atoms with van der Waals surface area (Å²) in [6.45, 7) is 0.471. The standard InChI is InChI=1S/C24H20ClN5O2/c25-22-9-5-4-6-17(22)15-30-16-18(14-26-30)23(31)27-20-10-12-21(13-11-20)29-24(32)28-19-7-2-1-3-8-19/h1-14,16H,15H2,(H,27,31)(H2,28,29,32). The summed E-state index contributed by atoms with van der Waals surface area (Å²) in [6, 6.07) is 23.2. The summed E-state index contributed by atoms with van der Waals surface area (Å²) in [5.41, 5.74) is 3.25. The number of nitrogens with one attached hydrogen (secondary N) is 3. The Morgan fingerprint density at radius 3 is 2.06 bits per heavy atom. The van der Waals surface area contributed by atoms with Gasteiger partial charge in [-0.1, -0.05) is 48.0 Å². The van der Waals surface area contributed by atoms with Crippen molar-refractivity contribution in [2.45, 2.75) is 6.54 Å². The molecule has 3 amide bonds. The molecule has 0 saturated carbocycles. The van der Waals surface area contributed by atoms with E-state index >= 15 is 0 Å². The quantitative estimate of drug-likeness (QED) is 0.367. The van der Waals surface area contributed by atoms with Gasteiger partial charge in [-0.05, 0) is 48.0 Å². The van der Waals surface area contributed by atoms with E-state index in [-0.39, 0.29) is 11.9 Å². The zero-order valence-corrected chi connectivity index (χ0v) is 17.7. The van der Waals surface area contributed by atoms with E-state index in [1.54, 1.807) is 47.3 Å². The van der Waals surface area contributed by atoms with Crippen molar-refractivity contribution in [2.75, 3.05) is 16.0 Å². The van der Waals surface area contributed by atoms with E-state index in [4.69, 9.17) is 11.6 Å². The molecule has 0 fully saturated rings. The van der Waals surface area contributed by atoms with Gasteiger partial charge >= 0.3 is 6.03 Å². The van der Waals surface area contributed by atoms with E-state index < -0.39 is 0 Å². The molecule has 0 unspecified atom stereocenters. The van der Waals surface area contributed by atoms with Crippen LogP contribution in [0.25, 0.3) is 0 Å². The van der Waals surface area contributed by atoms with E-state index in [9.17, 15) is 9.59 Å². The van der Waals surface area contributed by atoms with Gasteiger partial charge in [0.1, 0.15) is 0 Å². The normalized spacial score (nSPS) is 10.4. The maximum atomic E-state index is 12.5. The van der Waals surface area contributed by atoms with Crippen molar-refractivity contribution in [1.29, 1.82) is 0 Å². The molecule has 3 N–H and O–H groups in total. The SMILES string of the molecule is O=C(Nc1ccccc1)Nc1ccc(NC(=O)c2cnn(Cc3ccccc3Cl)c2)cc1. The van der Waals surface area contributed by atoms with Gasteiger partial charge in [-0.3, -0.25) is 9.48 Å². The number of amides is 3. The van der Waals surface area contributed by atoms with Crippen LogP contribution in [0.1, 0.15) is 15.9 Å². The third-order valence-electron chi connectivity index (χ3n) is 4.62. The minimum atomic E-state index is -0.348. The number of carbonyl (C=O) groups is 2. The van der Waals surface area contributed by atoms with Crippen molar-refractivity contribution < 1.29 is 9.59 Å². The fourth-order valence-corrected chi connectivity index (χ4v) is 3.22. The highest BCUT2D eigenvalue weighted by atomic mass is 35.5. The lowest BCUT2D eigenvalue weighted by molar-refractivity contribution is 0.102. The molecule has 4 rings (SSSR count). The molecule has 0 aliphatic heterocycles. The zero-order valence-electron chi connectivity index (χ0n) is 17.0. The van der Waals surface area contributed by atoms with Gasteiger partial charge in [0.15, 0.2) is 0 Å². The average Bonchev–Trinajstić information content (AvgIpc) is 3.26. The third kappa shape index (κ3) is 5.53. The van der Waals surface area contributed by atoms with Crippen molar-refractivity contribution in [3.8, 4) is 0 Å². The van der Waals surface area contributed by atoms with Crippen LogP contribution < -0.4 is 16.0 Å². The molecule has 4 aromatic rings. The van der Waals surface area contributed by atoms with Gasteiger partial charge in [0.2, 0.25) is 0 Å². The number of rotatable bonds is 6. The maximum absolute atomic E-state index is 12.5. The number of anilines is 3. The molecule has 0 aliphatic carbocycles. The molecule has 0 saturated heterocycles. The molecular weight excluding hydrogens is 426 g/mol. The molecule has 0 radical (unpaired) electrons. The van der Waals surface area contributed by atoms with Crippen molar-refractivity contribution in [1.82, 2.24) is 9.78 Å². The summed E-state index contributed by atoms with van der Waals surface area (Å²) in [6.07, 6.45) is 3.18. The largest absolute Gasteiger partial charge is 0.323 e. The highest BCUT2D eigenvalue weighted by molar-refractivity contribution is 6.31. The summed E-state index contributed by atoms with van der Waals surface area (Å²) in [7, 11) is 0. The molecule has 32 heavy (non-hydrogen) atoms. The summed E-state index contributed by atoms with van der Waals surface area (Å²) in [5.74, 6) is -0.280. The van der Waals surface area contributed by atoms with Crippen LogP contribution in [0.15, 0.2) is 91.3 Å². The van der Waals surface area contributed by atoms with Crippen LogP contribution in [0.2, 0.25) is 5.02 Å². The van der Waals surface area contributed by atoms with Gasteiger partial charge in [0.25, 0.3) is 5.91 Å². The fraction of sp³-hybridized carbons (Fsp3) is 0.0417. The first-order valence-electron chi connectivity index (χ1n) is 9.87. The molecule has 0 bridgehead atoms. The predicted octanol–water partition coefficient (Wildman–Crippen LogP) is 5.48. The van der Waals surface area contributed by atoms with Crippen molar-refractivity contribution >= 4 is 40.6 Å². The van der Waals surface area contributed by atoms with Crippen LogP contribution in [0.5, 0.6) is 0 Å². The highest BCUT2D eigenvalue weighted by Crippen LogP contribution is 2.17. The van der Waals surface area contributed by atoms with E-state index in [1.807, 2.05) is 42.5 Å². The lowest BCUT2D eigenvalue weighted by Crippen LogP contribution is -2.19. The summed E-state index contributed by atoms with van der Waals surface area (Å²) in [5, 5.41) is 13.2. The summed E-state index contributed by atoms with van der Waals surface area (Å²) >= 11 is 6.18. The van der Waals surface area contributed by atoms with Crippen molar-refractivity contribution in [3.05, 3.63) is 107 Å². The first kappa shape index (κ1) is 21.1. The monoisotopic (exact) mass is 445 g/mol. The minimum Gasteiger partial charge on any atom is -0.322 e. The number of benzene rings is 3. The Kier molecular flexibility index (Phi) is 6.48. The number of halogens is 1. The van der Waals surface area contributed by atoms with E-state index in [0.717, 1.165) is 5.56 Å². The van der Waals surface area contributed by atoms with Crippen molar-refractivity contribution in [3.63, 3.8) is 0 Å². The predicted molar refractivity (Wildman–Crippen MR) is 126 cm³/mol. The molecule has 1 aromatic heterocycles. The van der Waals surface area contributed by atoms with Gasteiger partial charge in [0, 0.05) is 28.3 Å². The Balaban J connectivity index is 1.32. The number of carbonyl (C=O) groups excluding carboxylic acids is 2. The Morgan fingerprint density at radius 2 is 1.38 bits per heavy atom. The molecule has 3 aromatic carbocycles. The zero-order chi connectivity index (χ0) is 22.3. The number of aromatic nitrogens is 2. The maximum Gasteiger partial charge on any atom is 0.323 e. The Morgan fingerprint density at radius 1 is 0.781 bits per heavy atom. The molecule has 7 nitrogen and oxygen atoms in total.